The second kappa shape index (κ2) is 6.93. The Morgan fingerprint density at radius 1 is 1.42 bits per heavy atom. The Balaban J connectivity index is 2.00. The van der Waals surface area contributed by atoms with Gasteiger partial charge < -0.3 is 20.7 Å². The van der Waals surface area contributed by atoms with Gasteiger partial charge in [0.05, 0.1) is 11.4 Å². The van der Waals surface area contributed by atoms with Gasteiger partial charge in [-0.1, -0.05) is 0 Å². The van der Waals surface area contributed by atoms with Crippen molar-refractivity contribution in [1.29, 1.82) is 0 Å². The summed E-state index contributed by atoms with van der Waals surface area (Å²) in [7, 11) is 0. The van der Waals surface area contributed by atoms with E-state index in [1.54, 1.807) is 6.20 Å². The molecule has 1 aliphatic heterocycles. The number of piperidine rings is 1. The fourth-order valence-corrected chi connectivity index (χ4v) is 2.77. The van der Waals surface area contributed by atoms with E-state index in [0.717, 1.165) is 43.1 Å². The van der Waals surface area contributed by atoms with Gasteiger partial charge in [-0.3, -0.25) is 4.98 Å². The molecular weight excluding hydrogens is 306 g/mol. The van der Waals surface area contributed by atoms with Gasteiger partial charge in [-0.2, -0.15) is 0 Å². The van der Waals surface area contributed by atoms with E-state index >= 15 is 0 Å². The molecule has 1 aromatic heterocycles. The van der Waals surface area contributed by atoms with E-state index in [9.17, 15) is 4.79 Å². The molecular formula is C17H29N5O2. The summed E-state index contributed by atoms with van der Waals surface area (Å²) < 4.78 is 5.37. The number of anilines is 1. The Bertz CT molecular complexity index is 589. The highest BCUT2D eigenvalue weighted by Crippen LogP contribution is 2.27. The minimum atomic E-state index is -0.492. The third-order valence-electron chi connectivity index (χ3n) is 4.11. The highest BCUT2D eigenvalue weighted by atomic mass is 16.6. The summed E-state index contributed by atoms with van der Waals surface area (Å²) in [6.07, 6.45) is 3.00. The van der Waals surface area contributed by atoms with Crippen molar-refractivity contribution in [3.8, 4) is 0 Å². The lowest BCUT2D eigenvalue weighted by molar-refractivity contribution is 0.0448. The van der Waals surface area contributed by atoms with Gasteiger partial charge in [0.2, 0.25) is 0 Å². The molecule has 0 saturated carbocycles. The van der Waals surface area contributed by atoms with Gasteiger partial charge in [0.25, 0.3) is 0 Å². The first-order valence-electron chi connectivity index (χ1n) is 8.41. The van der Waals surface area contributed by atoms with Crippen LogP contribution in [0.5, 0.6) is 0 Å². The molecule has 0 spiro atoms. The molecule has 1 aromatic rings. The van der Waals surface area contributed by atoms with E-state index in [0.29, 0.717) is 6.54 Å². The normalized spacial score (nSPS) is 17.5. The molecule has 2 rings (SSSR count). The minimum absolute atomic E-state index is 0.279. The molecule has 0 atom stereocenters. The van der Waals surface area contributed by atoms with E-state index in [4.69, 9.17) is 10.5 Å². The first-order valence-corrected chi connectivity index (χ1v) is 8.41. The number of carbonyl (C=O) groups is 1. The molecule has 1 aliphatic rings. The zero-order valence-corrected chi connectivity index (χ0v) is 15.3. The smallest absolute Gasteiger partial charge is 0.408 e. The molecule has 0 radical (unpaired) electrons. The molecule has 24 heavy (non-hydrogen) atoms. The van der Waals surface area contributed by atoms with Crippen LogP contribution in [0.25, 0.3) is 0 Å². The second-order valence-electron chi connectivity index (χ2n) is 7.66. The third-order valence-corrected chi connectivity index (χ3v) is 4.11. The molecule has 1 saturated heterocycles. The molecule has 1 fully saturated rings. The molecule has 0 aromatic carbocycles. The van der Waals surface area contributed by atoms with E-state index in [2.05, 4.69) is 27.1 Å². The van der Waals surface area contributed by atoms with Crippen molar-refractivity contribution in [2.45, 2.75) is 65.1 Å². The van der Waals surface area contributed by atoms with Crippen molar-refractivity contribution in [3.63, 3.8) is 0 Å². The number of nitrogens with one attached hydrogen (secondary N) is 1. The Kier molecular flexibility index (Phi) is 5.32. The van der Waals surface area contributed by atoms with Crippen LogP contribution >= 0.6 is 0 Å². The maximum absolute atomic E-state index is 12.0. The van der Waals surface area contributed by atoms with Gasteiger partial charge in [0.1, 0.15) is 5.60 Å². The zero-order chi connectivity index (χ0) is 18.0. The third kappa shape index (κ3) is 4.80. The Hall–Kier alpha value is -1.89. The Morgan fingerprint density at radius 3 is 2.58 bits per heavy atom. The largest absolute Gasteiger partial charge is 0.444 e. The van der Waals surface area contributed by atoms with Gasteiger partial charge >= 0.3 is 6.09 Å². The molecule has 0 bridgehead atoms. The number of rotatable bonds is 3. The standard InChI is InChI=1S/C17H29N5O2/c1-12-11-19-13(10-18)14(20-12)22-8-6-17(5,7-9-22)21-15(23)24-16(2,3)4/h11H,6-10,18H2,1-5H3,(H,21,23). The van der Waals surface area contributed by atoms with Crippen LogP contribution < -0.4 is 16.0 Å². The molecule has 1 amide bonds. The Morgan fingerprint density at radius 2 is 2.04 bits per heavy atom. The SMILES string of the molecule is Cc1cnc(CN)c(N2CCC(C)(NC(=O)OC(C)(C)C)CC2)n1. The van der Waals surface area contributed by atoms with E-state index in [1.165, 1.54) is 0 Å². The molecule has 7 nitrogen and oxygen atoms in total. The summed E-state index contributed by atoms with van der Waals surface area (Å²) in [4.78, 5) is 23.2. The summed E-state index contributed by atoms with van der Waals surface area (Å²) >= 11 is 0. The van der Waals surface area contributed by atoms with E-state index in [1.807, 2.05) is 27.7 Å². The van der Waals surface area contributed by atoms with Crippen molar-refractivity contribution < 1.29 is 9.53 Å². The van der Waals surface area contributed by atoms with Crippen LogP contribution in [0.1, 0.15) is 51.9 Å². The summed E-state index contributed by atoms with van der Waals surface area (Å²) in [5, 5.41) is 3.02. The van der Waals surface area contributed by atoms with Gasteiger partial charge in [0.15, 0.2) is 5.82 Å². The summed E-state index contributed by atoms with van der Waals surface area (Å²) in [5.74, 6) is 0.858. The summed E-state index contributed by atoms with van der Waals surface area (Å²) in [5.41, 5.74) is 6.70. The molecule has 7 heteroatoms. The average molecular weight is 335 g/mol. The minimum Gasteiger partial charge on any atom is -0.444 e. The number of carbonyl (C=O) groups excluding carboxylic acids is 1. The lowest BCUT2D eigenvalue weighted by Crippen LogP contribution is -2.54. The number of amides is 1. The molecule has 2 heterocycles. The molecule has 134 valence electrons. The number of aryl methyl sites for hydroxylation is 1. The first-order chi connectivity index (χ1) is 11.1. The predicted octanol–water partition coefficient (Wildman–Crippen LogP) is 2.13. The van der Waals surface area contributed by atoms with Gasteiger partial charge in [-0.15, -0.1) is 0 Å². The van der Waals surface area contributed by atoms with Crippen LogP contribution in [0.15, 0.2) is 6.20 Å². The summed E-state index contributed by atoms with van der Waals surface area (Å²) in [6.45, 7) is 11.5. The number of hydrogen-bond acceptors (Lipinski definition) is 6. The lowest BCUT2D eigenvalue weighted by atomic mass is 9.89. The number of alkyl carbamates (subject to hydrolysis) is 1. The number of ether oxygens (including phenoxy) is 1. The molecule has 3 N–H and O–H groups in total. The van der Waals surface area contributed by atoms with E-state index < -0.39 is 5.60 Å². The van der Waals surface area contributed by atoms with Gasteiger partial charge in [0, 0.05) is 31.4 Å². The maximum atomic E-state index is 12.0. The molecule has 0 unspecified atom stereocenters. The van der Waals surface area contributed by atoms with Gasteiger partial charge in [-0.25, -0.2) is 9.78 Å². The van der Waals surface area contributed by atoms with Crippen molar-refractivity contribution in [1.82, 2.24) is 15.3 Å². The van der Waals surface area contributed by atoms with Crippen LogP contribution in [-0.2, 0) is 11.3 Å². The fourth-order valence-electron chi connectivity index (χ4n) is 2.77. The van der Waals surface area contributed by atoms with Gasteiger partial charge in [-0.05, 0) is 47.5 Å². The molecule has 0 aliphatic carbocycles. The van der Waals surface area contributed by atoms with E-state index in [-0.39, 0.29) is 11.6 Å². The predicted molar refractivity (Wildman–Crippen MR) is 93.9 cm³/mol. The topological polar surface area (TPSA) is 93.4 Å². The fraction of sp³-hybridized carbons (Fsp3) is 0.706. The van der Waals surface area contributed by atoms with Crippen LogP contribution in [0.3, 0.4) is 0 Å². The van der Waals surface area contributed by atoms with Crippen molar-refractivity contribution in [2.75, 3.05) is 18.0 Å². The second-order valence-corrected chi connectivity index (χ2v) is 7.66. The zero-order valence-electron chi connectivity index (χ0n) is 15.3. The number of nitrogens with two attached hydrogens (primary N) is 1. The van der Waals surface area contributed by atoms with Crippen LogP contribution in [0.4, 0.5) is 10.6 Å². The Labute approximate surface area is 144 Å². The average Bonchev–Trinajstić information content (AvgIpc) is 2.45. The number of hydrogen-bond donors (Lipinski definition) is 2. The highest BCUT2D eigenvalue weighted by molar-refractivity contribution is 5.68. The summed E-state index contributed by atoms with van der Waals surface area (Å²) in [6, 6.07) is 0. The van der Waals surface area contributed by atoms with Crippen LogP contribution in [-0.4, -0.2) is 40.3 Å². The number of aromatic nitrogens is 2. The maximum Gasteiger partial charge on any atom is 0.408 e. The van der Waals surface area contributed by atoms with Crippen LogP contribution in [0.2, 0.25) is 0 Å². The quantitative estimate of drug-likeness (QED) is 0.879. The number of nitrogens with zero attached hydrogens (tertiary/aromatic N) is 3. The van der Waals surface area contributed by atoms with Crippen molar-refractivity contribution in [3.05, 3.63) is 17.6 Å². The van der Waals surface area contributed by atoms with Crippen LogP contribution in [0, 0.1) is 6.92 Å². The van der Waals surface area contributed by atoms with Crippen molar-refractivity contribution in [2.24, 2.45) is 5.73 Å². The van der Waals surface area contributed by atoms with Crippen molar-refractivity contribution >= 4 is 11.9 Å². The first kappa shape index (κ1) is 18.4. The lowest BCUT2D eigenvalue weighted by Gasteiger charge is -2.40. The monoisotopic (exact) mass is 335 g/mol. The highest BCUT2D eigenvalue weighted by Gasteiger charge is 2.34.